The van der Waals surface area contributed by atoms with Crippen LogP contribution in [0.2, 0.25) is 0 Å². The van der Waals surface area contributed by atoms with Crippen LogP contribution in [0, 0.1) is 0 Å². The molecule has 0 saturated carbocycles. The van der Waals surface area contributed by atoms with Crippen molar-refractivity contribution in [2.24, 2.45) is 0 Å². The Morgan fingerprint density at radius 1 is 0.309 bits per heavy atom. The molecule has 0 amide bonds. The van der Waals surface area contributed by atoms with Crippen LogP contribution < -0.4 is 9.80 Å². The van der Waals surface area contributed by atoms with Gasteiger partial charge in [-0.2, -0.15) is 0 Å². The molecule has 68 heavy (non-hydrogen) atoms. The molecule has 0 atom stereocenters. The highest BCUT2D eigenvalue weighted by molar-refractivity contribution is 6.14. The third kappa shape index (κ3) is 7.98. The summed E-state index contributed by atoms with van der Waals surface area (Å²) >= 11 is 0. The fourth-order valence-corrected chi connectivity index (χ4v) is 9.88. The monoisotopic (exact) mass is 880 g/mol. The molecule has 0 saturated heterocycles. The van der Waals surface area contributed by atoms with Crippen molar-refractivity contribution in [3.63, 3.8) is 0 Å². The summed E-state index contributed by atoms with van der Waals surface area (Å²) < 4.78 is 6.82. The molecule has 332 valence electrons. The third-order valence-corrected chi connectivity index (χ3v) is 13.8. The fraction of sp³-hybridized carbons (Fsp3) is 0.138. The molecule has 0 fully saturated rings. The van der Waals surface area contributed by atoms with E-state index in [9.17, 15) is 0 Å². The molecule has 0 aliphatic carbocycles. The summed E-state index contributed by atoms with van der Waals surface area (Å²) in [5.74, 6) is 1.40. The molecular weight excluding hydrogens is 825 g/mol. The molecule has 0 aliphatic rings. The Labute approximate surface area is 400 Å². The maximum atomic E-state index is 6.82. The van der Waals surface area contributed by atoms with Crippen LogP contribution in [0.4, 0.5) is 34.1 Å². The lowest BCUT2D eigenvalue weighted by Crippen LogP contribution is -2.11. The highest BCUT2D eigenvalue weighted by Gasteiger charge is 2.21. The summed E-state index contributed by atoms with van der Waals surface area (Å²) in [6.45, 7) is 13.5. The second-order valence-electron chi connectivity index (χ2n) is 19.2. The molecule has 0 spiro atoms. The van der Waals surface area contributed by atoms with Gasteiger partial charge in [0.1, 0.15) is 11.2 Å². The highest BCUT2D eigenvalue weighted by Crippen LogP contribution is 2.45. The van der Waals surface area contributed by atoms with Gasteiger partial charge in [0.15, 0.2) is 0 Å². The lowest BCUT2D eigenvalue weighted by molar-refractivity contribution is 0.670. The minimum absolute atomic E-state index is 0.445. The van der Waals surface area contributed by atoms with Gasteiger partial charge < -0.3 is 14.2 Å². The van der Waals surface area contributed by atoms with Crippen molar-refractivity contribution < 1.29 is 4.42 Å². The van der Waals surface area contributed by atoms with Crippen LogP contribution in [0.25, 0.3) is 65.7 Å². The van der Waals surface area contributed by atoms with Crippen molar-refractivity contribution in [3.8, 4) is 22.3 Å². The Bertz CT molecular complexity index is 3580. The zero-order valence-electron chi connectivity index (χ0n) is 39.7. The van der Waals surface area contributed by atoms with Gasteiger partial charge in [0, 0.05) is 44.6 Å². The Balaban J connectivity index is 1.01. The predicted molar refractivity (Wildman–Crippen MR) is 291 cm³/mol. The van der Waals surface area contributed by atoms with Gasteiger partial charge in [-0.3, -0.25) is 0 Å². The van der Waals surface area contributed by atoms with Gasteiger partial charge in [-0.05, 0) is 152 Å². The topological polar surface area (TPSA) is 19.6 Å². The first-order valence-corrected chi connectivity index (χ1v) is 24.1. The van der Waals surface area contributed by atoms with E-state index < -0.39 is 0 Å². The van der Waals surface area contributed by atoms with E-state index in [0.717, 1.165) is 66.8 Å². The number of furan rings is 1. The summed E-state index contributed by atoms with van der Waals surface area (Å²) in [6.07, 6.45) is 0. The molecule has 0 N–H and O–H groups in total. The number of para-hydroxylation sites is 3. The second-order valence-corrected chi connectivity index (χ2v) is 19.2. The Kier molecular flexibility index (Phi) is 11.1. The van der Waals surface area contributed by atoms with E-state index in [2.05, 4.69) is 264 Å². The molecule has 0 unspecified atom stereocenters. The summed E-state index contributed by atoms with van der Waals surface area (Å²) in [5, 5.41) is 6.82. The molecule has 1 aromatic heterocycles. The van der Waals surface area contributed by atoms with Crippen LogP contribution >= 0.6 is 0 Å². The first-order valence-electron chi connectivity index (χ1n) is 24.1. The number of rotatable bonds is 11. The molecule has 0 radical (unpaired) electrons. The van der Waals surface area contributed by atoms with Crippen LogP contribution in [-0.4, -0.2) is 0 Å². The van der Waals surface area contributed by atoms with Gasteiger partial charge in [0.05, 0.1) is 11.4 Å². The van der Waals surface area contributed by atoms with E-state index in [4.69, 9.17) is 4.42 Å². The number of fused-ring (bicyclic) bond motifs is 5. The van der Waals surface area contributed by atoms with Crippen LogP contribution in [0.5, 0.6) is 0 Å². The summed E-state index contributed by atoms with van der Waals surface area (Å²) in [5.41, 5.74) is 17.2. The molecule has 11 aromatic rings. The number of hydrogen-bond acceptors (Lipinski definition) is 3. The molecule has 10 aromatic carbocycles. The van der Waals surface area contributed by atoms with Crippen LogP contribution in [0.1, 0.15) is 76.0 Å². The van der Waals surface area contributed by atoms with E-state index in [1.54, 1.807) is 0 Å². The second kappa shape index (κ2) is 17.7. The summed E-state index contributed by atoms with van der Waals surface area (Å²) in [4.78, 5) is 4.78. The van der Waals surface area contributed by atoms with E-state index in [0.29, 0.717) is 17.8 Å². The summed E-state index contributed by atoms with van der Waals surface area (Å²) in [6, 6.07) is 78.0. The Morgan fingerprint density at radius 2 is 0.676 bits per heavy atom. The van der Waals surface area contributed by atoms with E-state index in [-0.39, 0.29) is 0 Å². The van der Waals surface area contributed by atoms with E-state index in [1.165, 1.54) is 49.7 Å². The van der Waals surface area contributed by atoms with Gasteiger partial charge in [-0.25, -0.2) is 0 Å². The third-order valence-electron chi connectivity index (χ3n) is 13.8. The molecule has 1 heterocycles. The number of benzene rings is 10. The Hall–Kier alpha value is -7.88. The van der Waals surface area contributed by atoms with Crippen molar-refractivity contribution in [2.45, 2.75) is 59.3 Å². The standard InChI is InChI=1S/C65H56N2O/c1-42(2)45-20-24-48(25-21-45)58-16-10-12-18-62(58)66(54-14-8-7-9-15-54)56-34-30-50-38-60-61-39-51-31-35-57(37-53(51)41-65(61)68-64(60)40-52(50)36-56)67(55-32-28-47(29-33-55)44(5)6)63-19-13-11-17-59(63)49-26-22-46(23-27-49)43(3)4/h7-44H,1-6H3. The van der Waals surface area contributed by atoms with Crippen molar-refractivity contribution in [1.82, 2.24) is 0 Å². The van der Waals surface area contributed by atoms with Gasteiger partial charge in [-0.1, -0.05) is 169 Å². The normalized spacial score (nSPS) is 11.8. The molecule has 0 bridgehead atoms. The number of anilines is 6. The minimum Gasteiger partial charge on any atom is -0.456 e. The first-order chi connectivity index (χ1) is 33.2. The quantitative estimate of drug-likeness (QED) is 0.129. The first kappa shape index (κ1) is 42.7. The summed E-state index contributed by atoms with van der Waals surface area (Å²) in [7, 11) is 0. The molecule has 11 rings (SSSR count). The zero-order chi connectivity index (χ0) is 46.5. The molecule has 0 aliphatic heterocycles. The van der Waals surface area contributed by atoms with Crippen LogP contribution in [-0.2, 0) is 0 Å². The number of nitrogens with zero attached hydrogens (tertiary/aromatic N) is 2. The molecular formula is C65H56N2O. The maximum Gasteiger partial charge on any atom is 0.136 e. The van der Waals surface area contributed by atoms with Gasteiger partial charge in [0.2, 0.25) is 0 Å². The van der Waals surface area contributed by atoms with Gasteiger partial charge in [-0.15, -0.1) is 0 Å². The fourth-order valence-electron chi connectivity index (χ4n) is 9.88. The minimum atomic E-state index is 0.445. The average molecular weight is 881 g/mol. The SMILES string of the molecule is CC(C)c1ccc(-c2ccccc2N(c2ccccc2)c2ccc3cc4c(cc3c2)oc2cc3cc(N(c5ccc(C(C)C)cc5)c5ccccc5-c5ccc(C(C)C)cc5)ccc3cc24)cc1. The largest absolute Gasteiger partial charge is 0.456 e. The van der Waals surface area contributed by atoms with E-state index in [1.807, 2.05) is 0 Å². The van der Waals surface area contributed by atoms with E-state index >= 15 is 0 Å². The Morgan fingerprint density at radius 3 is 1.10 bits per heavy atom. The van der Waals surface area contributed by atoms with Crippen molar-refractivity contribution >= 4 is 77.6 Å². The lowest BCUT2D eigenvalue weighted by atomic mass is 9.96. The lowest BCUT2D eigenvalue weighted by Gasteiger charge is -2.28. The van der Waals surface area contributed by atoms with Crippen molar-refractivity contribution in [1.29, 1.82) is 0 Å². The number of hydrogen-bond donors (Lipinski definition) is 0. The van der Waals surface area contributed by atoms with Gasteiger partial charge >= 0.3 is 0 Å². The maximum absolute atomic E-state index is 6.82. The van der Waals surface area contributed by atoms with Crippen LogP contribution in [0.15, 0.2) is 217 Å². The van der Waals surface area contributed by atoms with Crippen LogP contribution in [0.3, 0.4) is 0 Å². The molecule has 3 nitrogen and oxygen atoms in total. The average Bonchev–Trinajstić information content (AvgIpc) is 3.71. The smallest absolute Gasteiger partial charge is 0.136 e. The van der Waals surface area contributed by atoms with Gasteiger partial charge in [0.25, 0.3) is 0 Å². The van der Waals surface area contributed by atoms with Crippen molar-refractivity contribution in [3.05, 3.63) is 229 Å². The predicted octanol–water partition coefficient (Wildman–Crippen LogP) is 19.5. The van der Waals surface area contributed by atoms with Crippen molar-refractivity contribution in [2.75, 3.05) is 9.80 Å². The molecule has 3 heteroatoms. The highest BCUT2D eigenvalue weighted by atomic mass is 16.3. The zero-order valence-corrected chi connectivity index (χ0v) is 39.7.